The molecule has 0 aromatic rings. The molecule has 0 N–H and O–H groups in total. The highest BCUT2D eigenvalue weighted by molar-refractivity contribution is 5.97. The lowest BCUT2D eigenvalue weighted by molar-refractivity contribution is -0.139. The van der Waals surface area contributed by atoms with Gasteiger partial charge in [-0.3, -0.25) is 4.79 Å². The molecular formula is C29H46O5. The van der Waals surface area contributed by atoms with Crippen LogP contribution in [0.15, 0.2) is 35.5 Å². The second kappa shape index (κ2) is 15.0. The molecule has 0 amide bonds. The highest BCUT2D eigenvalue weighted by atomic mass is 16.5. The van der Waals surface area contributed by atoms with E-state index in [9.17, 15) is 14.4 Å². The quantitative estimate of drug-likeness (QED) is 0.136. The van der Waals surface area contributed by atoms with Crippen LogP contribution in [0.4, 0.5) is 0 Å². The van der Waals surface area contributed by atoms with Gasteiger partial charge in [-0.25, -0.2) is 9.59 Å². The number of hydrogen-bond acceptors (Lipinski definition) is 5. The van der Waals surface area contributed by atoms with Crippen molar-refractivity contribution in [1.29, 1.82) is 0 Å². The number of Topliss-reactive ketones (excluding diaryl/α,β-unsaturated/α-hetero) is 1. The molecule has 0 fully saturated rings. The van der Waals surface area contributed by atoms with Crippen LogP contribution in [0, 0.1) is 11.3 Å². The van der Waals surface area contributed by atoms with E-state index < -0.39 is 0 Å². The van der Waals surface area contributed by atoms with Gasteiger partial charge in [0.05, 0.1) is 13.2 Å². The molecule has 5 nitrogen and oxygen atoms in total. The van der Waals surface area contributed by atoms with Gasteiger partial charge in [-0.15, -0.1) is 0 Å². The maximum absolute atomic E-state index is 12.9. The van der Waals surface area contributed by atoms with Crippen LogP contribution in [0.3, 0.4) is 0 Å². The highest BCUT2D eigenvalue weighted by Gasteiger charge is 2.38. The third-order valence-corrected chi connectivity index (χ3v) is 6.77. The van der Waals surface area contributed by atoms with Crippen LogP contribution in [0.25, 0.3) is 0 Å². The van der Waals surface area contributed by atoms with E-state index in [0.29, 0.717) is 42.5 Å². The molecule has 5 heteroatoms. The summed E-state index contributed by atoms with van der Waals surface area (Å²) in [4.78, 5) is 35.7. The molecule has 1 atom stereocenters. The molecule has 1 aliphatic carbocycles. The third-order valence-electron chi connectivity index (χ3n) is 6.77. The van der Waals surface area contributed by atoms with Crippen molar-refractivity contribution in [2.75, 3.05) is 13.2 Å². The summed E-state index contributed by atoms with van der Waals surface area (Å²) in [6.07, 6.45) is 10.5. The number of carbonyl (C=O) groups is 3. The molecule has 0 spiro atoms. The zero-order chi connectivity index (χ0) is 25.7. The van der Waals surface area contributed by atoms with Crippen molar-refractivity contribution in [3.05, 3.63) is 35.5 Å². The average Bonchev–Trinajstić information content (AvgIpc) is 2.75. The maximum Gasteiger partial charge on any atom is 0.333 e. The van der Waals surface area contributed by atoms with Gasteiger partial charge in [0.1, 0.15) is 0 Å². The first kappa shape index (κ1) is 29.9. The van der Waals surface area contributed by atoms with E-state index in [1.54, 1.807) is 13.8 Å². The zero-order valence-corrected chi connectivity index (χ0v) is 22.2. The molecule has 0 heterocycles. The van der Waals surface area contributed by atoms with E-state index in [2.05, 4.69) is 33.9 Å². The summed E-state index contributed by atoms with van der Waals surface area (Å²) in [7, 11) is 0. The van der Waals surface area contributed by atoms with Gasteiger partial charge in [0.15, 0.2) is 5.78 Å². The van der Waals surface area contributed by atoms with Crippen molar-refractivity contribution in [1.82, 2.24) is 0 Å². The standard InChI is InChI=1S/C29H46O5/c1-21(2)27(31)33-18-14-10-8-12-16-24-23(5)25(29(6,7)20-26(24)30)17-13-9-11-15-19-34-28(32)22(3)4/h25H,1,3,8-20H2,2,4-7H3. The molecule has 1 unspecified atom stereocenters. The Morgan fingerprint density at radius 1 is 0.853 bits per heavy atom. The summed E-state index contributed by atoms with van der Waals surface area (Å²) in [5.41, 5.74) is 3.20. The molecule has 0 radical (unpaired) electrons. The lowest BCUT2D eigenvalue weighted by Crippen LogP contribution is -2.34. The van der Waals surface area contributed by atoms with E-state index >= 15 is 0 Å². The van der Waals surface area contributed by atoms with E-state index in [4.69, 9.17) is 9.47 Å². The van der Waals surface area contributed by atoms with Gasteiger partial charge in [-0.1, -0.05) is 64.7 Å². The summed E-state index contributed by atoms with van der Waals surface area (Å²) in [6.45, 7) is 18.0. The fourth-order valence-corrected chi connectivity index (χ4v) is 4.74. The molecule has 0 saturated carbocycles. The van der Waals surface area contributed by atoms with Crippen LogP contribution in [0.5, 0.6) is 0 Å². The number of rotatable bonds is 16. The number of unbranched alkanes of at least 4 members (excludes halogenated alkanes) is 6. The zero-order valence-electron chi connectivity index (χ0n) is 22.2. The van der Waals surface area contributed by atoms with Gasteiger partial charge in [-0.05, 0) is 69.8 Å². The Kier molecular flexibility index (Phi) is 13.1. The monoisotopic (exact) mass is 474 g/mol. The van der Waals surface area contributed by atoms with Crippen LogP contribution in [0.1, 0.15) is 105 Å². The summed E-state index contributed by atoms with van der Waals surface area (Å²) in [5.74, 6) is 0.109. The number of ketones is 1. The molecule has 1 rings (SSSR count). The van der Waals surface area contributed by atoms with Crippen molar-refractivity contribution in [3.8, 4) is 0 Å². The molecule has 0 aliphatic heterocycles. The number of esters is 2. The second-order valence-electron chi connectivity index (χ2n) is 10.5. The summed E-state index contributed by atoms with van der Waals surface area (Å²) in [6, 6.07) is 0. The van der Waals surface area contributed by atoms with Gasteiger partial charge in [-0.2, -0.15) is 0 Å². The first-order valence-corrected chi connectivity index (χ1v) is 12.9. The topological polar surface area (TPSA) is 69.7 Å². The number of ether oxygens (including phenoxy) is 2. The molecule has 0 aromatic carbocycles. The molecular weight excluding hydrogens is 428 g/mol. The number of hydrogen-bond donors (Lipinski definition) is 0. The van der Waals surface area contributed by atoms with Crippen LogP contribution in [0.2, 0.25) is 0 Å². The SMILES string of the molecule is C=C(C)C(=O)OCCCCCCC1=C(C)C(CCCCCCOC(=O)C(=C)C)C(C)(C)CC1=O. The Morgan fingerprint density at radius 2 is 1.32 bits per heavy atom. The molecule has 1 aliphatic rings. The summed E-state index contributed by atoms with van der Waals surface area (Å²) >= 11 is 0. The van der Waals surface area contributed by atoms with Crippen molar-refractivity contribution in [2.24, 2.45) is 11.3 Å². The minimum Gasteiger partial charge on any atom is -0.462 e. The van der Waals surface area contributed by atoms with E-state index in [1.807, 2.05) is 0 Å². The lowest BCUT2D eigenvalue weighted by atomic mass is 9.64. The Balaban J connectivity index is 2.42. The molecule has 192 valence electrons. The minimum absolute atomic E-state index is 0.00511. The largest absolute Gasteiger partial charge is 0.462 e. The number of allylic oxidation sites excluding steroid dienone is 2. The minimum atomic E-state index is -0.326. The van der Waals surface area contributed by atoms with Crippen molar-refractivity contribution in [3.63, 3.8) is 0 Å². The van der Waals surface area contributed by atoms with Crippen LogP contribution < -0.4 is 0 Å². The lowest BCUT2D eigenvalue weighted by Gasteiger charge is -2.40. The van der Waals surface area contributed by atoms with Gasteiger partial charge in [0.2, 0.25) is 0 Å². The molecule has 0 saturated heterocycles. The molecule has 34 heavy (non-hydrogen) atoms. The van der Waals surface area contributed by atoms with Gasteiger partial charge in [0, 0.05) is 17.6 Å². The average molecular weight is 475 g/mol. The highest BCUT2D eigenvalue weighted by Crippen LogP contribution is 2.45. The van der Waals surface area contributed by atoms with E-state index in [1.165, 1.54) is 5.57 Å². The van der Waals surface area contributed by atoms with Gasteiger partial charge >= 0.3 is 11.9 Å². The Labute approximate surface area is 207 Å². The number of carbonyl (C=O) groups excluding carboxylic acids is 3. The first-order valence-electron chi connectivity index (χ1n) is 12.9. The molecule has 0 aromatic heterocycles. The van der Waals surface area contributed by atoms with Crippen LogP contribution >= 0.6 is 0 Å². The summed E-state index contributed by atoms with van der Waals surface area (Å²) < 4.78 is 10.3. The predicted octanol–water partition coefficient (Wildman–Crippen LogP) is 7.06. The van der Waals surface area contributed by atoms with Crippen molar-refractivity contribution < 1.29 is 23.9 Å². The van der Waals surface area contributed by atoms with E-state index in [0.717, 1.165) is 69.8 Å². The van der Waals surface area contributed by atoms with Crippen molar-refractivity contribution in [2.45, 2.75) is 105 Å². The Hall–Kier alpha value is -2.17. The van der Waals surface area contributed by atoms with Gasteiger partial charge in [0.25, 0.3) is 0 Å². The van der Waals surface area contributed by atoms with Crippen LogP contribution in [-0.4, -0.2) is 30.9 Å². The Morgan fingerprint density at radius 3 is 1.82 bits per heavy atom. The summed E-state index contributed by atoms with van der Waals surface area (Å²) in [5, 5.41) is 0. The maximum atomic E-state index is 12.9. The van der Waals surface area contributed by atoms with Gasteiger partial charge < -0.3 is 9.47 Å². The smallest absolute Gasteiger partial charge is 0.333 e. The fraction of sp³-hybridized carbons (Fsp3) is 0.690. The van der Waals surface area contributed by atoms with Crippen LogP contribution in [-0.2, 0) is 23.9 Å². The van der Waals surface area contributed by atoms with E-state index in [-0.39, 0.29) is 17.4 Å². The van der Waals surface area contributed by atoms with Crippen molar-refractivity contribution >= 4 is 17.7 Å². The second-order valence-corrected chi connectivity index (χ2v) is 10.5. The Bertz CT molecular complexity index is 771. The first-order chi connectivity index (χ1) is 16.0. The predicted molar refractivity (Wildman–Crippen MR) is 137 cm³/mol. The molecule has 0 bridgehead atoms. The normalized spacial score (nSPS) is 17.4. The fourth-order valence-electron chi connectivity index (χ4n) is 4.74. The third kappa shape index (κ3) is 10.4.